The van der Waals surface area contributed by atoms with E-state index in [9.17, 15) is 24.8 Å². The average molecular weight is 626 g/mol. The molecule has 1 aliphatic heterocycles. The lowest BCUT2D eigenvalue weighted by molar-refractivity contribution is -0.384. The highest BCUT2D eigenvalue weighted by Gasteiger charge is 2.45. The molecule has 0 saturated heterocycles. The number of benzene rings is 3. The monoisotopic (exact) mass is 624 g/mol. The zero-order chi connectivity index (χ0) is 29.1. The zero-order valence-corrected chi connectivity index (χ0v) is 24.0. The van der Waals surface area contributed by atoms with Crippen LogP contribution in [0.5, 0.6) is 0 Å². The topological polar surface area (TPSA) is 127 Å². The molecule has 206 valence electrons. The van der Waals surface area contributed by atoms with E-state index in [4.69, 9.17) is 23.2 Å². The van der Waals surface area contributed by atoms with E-state index in [1.165, 1.54) is 36.0 Å². The number of aliphatic hydroxyl groups excluding tert-OH is 1. The van der Waals surface area contributed by atoms with Gasteiger partial charge in [-0.3, -0.25) is 24.6 Å². The zero-order valence-electron chi connectivity index (χ0n) is 20.8. The van der Waals surface area contributed by atoms with Gasteiger partial charge >= 0.3 is 0 Å². The molecule has 41 heavy (non-hydrogen) atoms. The number of anilines is 1. The molecule has 0 bridgehead atoms. The highest BCUT2D eigenvalue weighted by atomic mass is 35.5. The number of carbonyl (C=O) groups excluding carboxylic acids is 2. The molecule has 0 spiro atoms. The summed E-state index contributed by atoms with van der Waals surface area (Å²) in [6.07, 6.45) is 2.81. The molecule has 1 amide bonds. The Balaban J connectivity index is 1.49. The highest BCUT2D eigenvalue weighted by molar-refractivity contribution is 8.00. The molecule has 0 saturated carbocycles. The van der Waals surface area contributed by atoms with Gasteiger partial charge in [0.05, 0.1) is 16.5 Å². The number of nitro benzene ring substituents is 1. The molecule has 0 aliphatic carbocycles. The predicted molar refractivity (Wildman–Crippen MR) is 159 cm³/mol. The summed E-state index contributed by atoms with van der Waals surface area (Å²) in [6, 6.07) is 18.6. The van der Waals surface area contributed by atoms with Crippen molar-refractivity contribution in [1.82, 2.24) is 10.2 Å². The molecule has 2 heterocycles. The van der Waals surface area contributed by atoms with Crippen LogP contribution in [0.15, 0.2) is 94.5 Å². The molecule has 3 aromatic carbocycles. The van der Waals surface area contributed by atoms with E-state index in [1.807, 2.05) is 6.07 Å². The van der Waals surface area contributed by atoms with Crippen molar-refractivity contribution in [1.29, 1.82) is 0 Å². The van der Waals surface area contributed by atoms with Gasteiger partial charge in [0.1, 0.15) is 0 Å². The predicted octanol–water partition coefficient (Wildman–Crippen LogP) is 7.23. The molecule has 1 N–H and O–H groups in total. The SMILES string of the molecule is O=C(/C=C/c1ccccc1)C1=C(O)C(=O)N(c2nnc(SCc3ccc(Cl)cc3Cl)s2)C1c1cccc([N+](=O)[O-])c1. The van der Waals surface area contributed by atoms with Crippen LogP contribution in [0.3, 0.4) is 0 Å². The third kappa shape index (κ3) is 6.18. The summed E-state index contributed by atoms with van der Waals surface area (Å²) in [4.78, 5) is 38.8. The van der Waals surface area contributed by atoms with Crippen molar-refractivity contribution in [2.75, 3.05) is 4.90 Å². The third-order valence-corrected chi connectivity index (χ3v) is 8.76. The fraction of sp³-hybridized carbons (Fsp3) is 0.0714. The summed E-state index contributed by atoms with van der Waals surface area (Å²) in [7, 11) is 0. The summed E-state index contributed by atoms with van der Waals surface area (Å²) in [5.41, 5.74) is 1.36. The van der Waals surface area contributed by atoms with Crippen molar-refractivity contribution in [3.8, 4) is 0 Å². The van der Waals surface area contributed by atoms with E-state index in [-0.39, 0.29) is 22.0 Å². The van der Waals surface area contributed by atoms with E-state index < -0.39 is 28.4 Å². The van der Waals surface area contributed by atoms with Crippen molar-refractivity contribution >= 4 is 74.9 Å². The molecule has 1 aliphatic rings. The molecule has 1 atom stereocenters. The first-order chi connectivity index (χ1) is 19.7. The lowest BCUT2D eigenvalue weighted by Gasteiger charge is -2.23. The normalized spacial score (nSPS) is 15.2. The molecule has 13 heteroatoms. The second kappa shape index (κ2) is 12.2. The Morgan fingerprint density at radius 2 is 1.88 bits per heavy atom. The van der Waals surface area contributed by atoms with E-state index in [2.05, 4.69) is 10.2 Å². The van der Waals surface area contributed by atoms with Crippen molar-refractivity contribution < 1.29 is 19.6 Å². The van der Waals surface area contributed by atoms with Crippen LogP contribution in [-0.4, -0.2) is 31.9 Å². The van der Waals surface area contributed by atoms with Gasteiger partial charge in [0.25, 0.3) is 11.6 Å². The Bertz CT molecular complexity index is 1730. The number of allylic oxidation sites excluding steroid dienone is 1. The van der Waals surface area contributed by atoms with Crippen molar-refractivity contribution in [2.24, 2.45) is 0 Å². The first-order valence-corrected chi connectivity index (χ1v) is 14.5. The van der Waals surface area contributed by atoms with Crippen LogP contribution in [0.4, 0.5) is 10.8 Å². The van der Waals surface area contributed by atoms with Gasteiger partial charge in [-0.05, 0) is 34.9 Å². The fourth-order valence-corrected chi connectivity index (χ4v) is 6.57. The second-order valence-corrected chi connectivity index (χ2v) is 11.7. The Morgan fingerprint density at radius 1 is 1.10 bits per heavy atom. The van der Waals surface area contributed by atoms with E-state index in [0.717, 1.165) is 27.4 Å². The summed E-state index contributed by atoms with van der Waals surface area (Å²) in [6.45, 7) is 0. The summed E-state index contributed by atoms with van der Waals surface area (Å²) >= 11 is 14.6. The quantitative estimate of drug-likeness (QED) is 0.0679. The largest absolute Gasteiger partial charge is 0.503 e. The molecule has 9 nitrogen and oxygen atoms in total. The molecule has 1 aromatic heterocycles. The number of thioether (sulfide) groups is 1. The number of aromatic nitrogens is 2. The van der Waals surface area contributed by atoms with Gasteiger partial charge in [-0.2, -0.15) is 0 Å². The summed E-state index contributed by atoms with van der Waals surface area (Å²) in [5.74, 6) is -1.81. The Morgan fingerprint density at radius 3 is 2.61 bits per heavy atom. The maximum atomic E-state index is 13.4. The minimum absolute atomic E-state index is 0.109. The van der Waals surface area contributed by atoms with Gasteiger partial charge in [0.2, 0.25) is 5.13 Å². The number of amides is 1. The van der Waals surface area contributed by atoms with Crippen molar-refractivity contribution in [3.05, 3.63) is 127 Å². The second-order valence-electron chi connectivity index (χ2n) is 8.68. The number of aliphatic hydroxyl groups is 1. The molecule has 4 aromatic rings. The lowest BCUT2D eigenvalue weighted by Crippen LogP contribution is -2.30. The van der Waals surface area contributed by atoms with Gasteiger partial charge in [0.15, 0.2) is 15.9 Å². The maximum absolute atomic E-state index is 13.4. The summed E-state index contributed by atoms with van der Waals surface area (Å²) in [5, 5.41) is 31.8. The molecule has 0 radical (unpaired) electrons. The number of carbonyl (C=O) groups is 2. The van der Waals surface area contributed by atoms with Crippen molar-refractivity contribution in [3.63, 3.8) is 0 Å². The standard InChI is InChI=1S/C28H18Cl2N4O5S2/c29-19-11-10-18(21(30)14-19)15-40-28-32-31-27(41-28)33-24(17-7-4-8-20(13-17)34(38)39)23(25(36)26(33)37)22(35)12-9-16-5-2-1-3-6-16/h1-14,24,36H,15H2/b12-9+. The first kappa shape index (κ1) is 28.5. The van der Waals surface area contributed by atoms with Gasteiger partial charge in [-0.25, -0.2) is 0 Å². The number of rotatable bonds is 9. The number of nitrogens with zero attached hydrogens (tertiary/aromatic N) is 4. The Labute approximate surface area is 251 Å². The molecular weight excluding hydrogens is 607 g/mol. The smallest absolute Gasteiger partial charge is 0.296 e. The highest BCUT2D eigenvalue weighted by Crippen LogP contribution is 2.44. The van der Waals surface area contributed by atoms with Gasteiger partial charge in [0, 0.05) is 27.9 Å². The minimum Gasteiger partial charge on any atom is -0.503 e. The molecular formula is C28H18Cl2N4O5S2. The number of non-ortho nitro benzene ring substituents is 1. The summed E-state index contributed by atoms with van der Waals surface area (Å²) < 4.78 is 0.500. The molecule has 1 unspecified atom stereocenters. The Kier molecular flexibility index (Phi) is 8.50. The first-order valence-electron chi connectivity index (χ1n) is 11.9. The number of halogens is 2. The van der Waals surface area contributed by atoms with Crippen LogP contribution in [0.1, 0.15) is 22.7 Å². The van der Waals surface area contributed by atoms with E-state index >= 15 is 0 Å². The van der Waals surface area contributed by atoms with Gasteiger partial charge in [-0.15, -0.1) is 10.2 Å². The number of hydrogen-bond acceptors (Lipinski definition) is 9. The fourth-order valence-electron chi connectivity index (χ4n) is 4.14. The van der Waals surface area contributed by atoms with E-state index in [1.54, 1.807) is 54.6 Å². The van der Waals surface area contributed by atoms with Crippen LogP contribution >= 0.6 is 46.3 Å². The van der Waals surface area contributed by atoms with Gasteiger partial charge < -0.3 is 5.11 Å². The molecule has 5 rings (SSSR count). The van der Waals surface area contributed by atoms with Crippen molar-refractivity contribution in [2.45, 2.75) is 16.1 Å². The van der Waals surface area contributed by atoms with Crippen LogP contribution in [-0.2, 0) is 15.3 Å². The lowest BCUT2D eigenvalue weighted by atomic mass is 9.95. The van der Waals surface area contributed by atoms with E-state index in [0.29, 0.717) is 20.1 Å². The maximum Gasteiger partial charge on any atom is 0.296 e. The van der Waals surface area contributed by atoms with Crippen LogP contribution in [0.25, 0.3) is 6.08 Å². The number of hydrogen-bond donors (Lipinski definition) is 1. The molecule has 0 fully saturated rings. The average Bonchev–Trinajstić information content (AvgIpc) is 3.53. The third-order valence-electron chi connectivity index (χ3n) is 6.07. The van der Waals surface area contributed by atoms with Crippen LogP contribution in [0.2, 0.25) is 10.0 Å². The number of ketones is 1. The Hall–Kier alpha value is -4.03. The van der Waals surface area contributed by atoms with Gasteiger partial charge in [-0.1, -0.05) is 101 Å². The minimum atomic E-state index is -1.17. The van der Waals surface area contributed by atoms with Crippen LogP contribution < -0.4 is 4.90 Å². The van der Waals surface area contributed by atoms with Crippen LogP contribution in [0, 0.1) is 10.1 Å². The number of nitro groups is 1.